The van der Waals surface area contributed by atoms with Gasteiger partial charge in [0, 0.05) is 47.0 Å². The van der Waals surface area contributed by atoms with Crippen LogP contribution in [0.5, 0.6) is 0 Å². The molecule has 0 atom stereocenters. The Bertz CT molecular complexity index is 974. The highest BCUT2D eigenvalue weighted by atomic mass is 16.2. The molecule has 0 saturated heterocycles. The maximum Gasteiger partial charge on any atom is 0.258 e. The third kappa shape index (κ3) is 2.78. The number of hydrogen-bond acceptors (Lipinski definition) is 2. The number of carbonyl (C=O) groups excluding carboxylic acids is 2. The summed E-state index contributed by atoms with van der Waals surface area (Å²) < 4.78 is 0. The van der Waals surface area contributed by atoms with Gasteiger partial charge in [0.2, 0.25) is 5.91 Å². The molecule has 4 rings (SSSR count). The first-order valence-electron chi connectivity index (χ1n) is 8.47. The van der Waals surface area contributed by atoms with Gasteiger partial charge in [-0.15, -0.1) is 0 Å². The van der Waals surface area contributed by atoms with Crippen LogP contribution in [0.3, 0.4) is 0 Å². The number of anilines is 2. The summed E-state index contributed by atoms with van der Waals surface area (Å²) in [5, 5.41) is 3.93. The van der Waals surface area contributed by atoms with E-state index < -0.39 is 0 Å². The van der Waals surface area contributed by atoms with Crippen LogP contribution in [-0.4, -0.2) is 23.3 Å². The monoisotopic (exact) mass is 333 g/mol. The van der Waals surface area contributed by atoms with E-state index in [1.807, 2.05) is 49.5 Å². The molecule has 0 saturated carbocycles. The molecule has 2 aromatic carbocycles. The minimum absolute atomic E-state index is 0.0292. The molecular formula is C20H19N3O2. The van der Waals surface area contributed by atoms with Crippen LogP contribution in [0, 0.1) is 0 Å². The Labute approximate surface area is 145 Å². The molecule has 2 amide bonds. The Morgan fingerprint density at radius 2 is 2.00 bits per heavy atom. The van der Waals surface area contributed by atoms with Gasteiger partial charge in [0.15, 0.2) is 0 Å². The van der Waals surface area contributed by atoms with Crippen LogP contribution < -0.4 is 10.2 Å². The highest BCUT2D eigenvalue weighted by Gasteiger charge is 2.20. The smallest absolute Gasteiger partial charge is 0.258 e. The van der Waals surface area contributed by atoms with Crippen molar-refractivity contribution in [1.82, 2.24) is 4.98 Å². The van der Waals surface area contributed by atoms with Crippen LogP contribution in [0.15, 0.2) is 48.7 Å². The maximum atomic E-state index is 13.0. The fourth-order valence-electron chi connectivity index (χ4n) is 3.32. The summed E-state index contributed by atoms with van der Waals surface area (Å²) in [7, 11) is 0. The molecule has 0 fully saturated rings. The van der Waals surface area contributed by atoms with E-state index in [-0.39, 0.29) is 11.8 Å². The van der Waals surface area contributed by atoms with Gasteiger partial charge in [-0.25, -0.2) is 0 Å². The molecule has 1 aliphatic rings. The van der Waals surface area contributed by atoms with E-state index in [0.717, 1.165) is 27.8 Å². The third-order valence-electron chi connectivity index (χ3n) is 4.66. The molecule has 2 N–H and O–H groups in total. The molecule has 5 heteroatoms. The van der Waals surface area contributed by atoms with Crippen molar-refractivity contribution in [2.75, 3.05) is 16.8 Å². The fraction of sp³-hybridized carbons (Fsp3) is 0.200. The number of fused-ring (bicyclic) bond motifs is 2. The number of aryl methyl sites for hydroxylation is 1. The van der Waals surface area contributed by atoms with Gasteiger partial charge in [0.1, 0.15) is 0 Å². The summed E-state index contributed by atoms with van der Waals surface area (Å²) in [4.78, 5) is 29.4. The standard InChI is InChI=1S/C20H19N3O2/c1-2-23(16-5-7-17-14(12-16)9-10-21-17)20(25)15-3-6-18-13(11-15)4-8-19(24)22-18/h3,5-7,9-12,21H,2,4,8H2,1H3,(H,22,24). The van der Waals surface area contributed by atoms with Gasteiger partial charge in [0.05, 0.1) is 0 Å². The number of benzene rings is 2. The second-order valence-electron chi connectivity index (χ2n) is 6.22. The minimum Gasteiger partial charge on any atom is -0.361 e. The van der Waals surface area contributed by atoms with Crippen LogP contribution in [0.4, 0.5) is 11.4 Å². The van der Waals surface area contributed by atoms with E-state index >= 15 is 0 Å². The molecule has 25 heavy (non-hydrogen) atoms. The molecular weight excluding hydrogens is 314 g/mol. The van der Waals surface area contributed by atoms with E-state index in [1.165, 1.54) is 0 Å². The van der Waals surface area contributed by atoms with Crippen LogP contribution in [0.2, 0.25) is 0 Å². The lowest BCUT2D eigenvalue weighted by Gasteiger charge is -2.23. The second-order valence-corrected chi connectivity index (χ2v) is 6.22. The summed E-state index contributed by atoms with van der Waals surface area (Å²) in [6.45, 7) is 2.56. The van der Waals surface area contributed by atoms with Gasteiger partial charge in [-0.05, 0) is 61.4 Å². The SMILES string of the molecule is CCN(C(=O)c1ccc2c(c1)CCC(=O)N2)c1ccc2[nH]ccc2c1. The number of nitrogens with zero attached hydrogens (tertiary/aromatic N) is 1. The third-order valence-corrected chi connectivity index (χ3v) is 4.66. The van der Waals surface area contributed by atoms with E-state index in [1.54, 1.807) is 11.0 Å². The molecule has 1 aliphatic heterocycles. The van der Waals surface area contributed by atoms with Crippen molar-refractivity contribution in [3.63, 3.8) is 0 Å². The van der Waals surface area contributed by atoms with Crippen LogP contribution in [-0.2, 0) is 11.2 Å². The van der Waals surface area contributed by atoms with E-state index in [2.05, 4.69) is 10.3 Å². The van der Waals surface area contributed by atoms with Gasteiger partial charge < -0.3 is 15.2 Å². The van der Waals surface area contributed by atoms with Crippen molar-refractivity contribution in [3.05, 3.63) is 59.8 Å². The lowest BCUT2D eigenvalue weighted by molar-refractivity contribution is -0.116. The predicted octanol–water partition coefficient (Wildman–Crippen LogP) is 3.72. The Kier molecular flexibility index (Phi) is 3.76. The zero-order valence-corrected chi connectivity index (χ0v) is 14.0. The first kappa shape index (κ1) is 15.4. The lowest BCUT2D eigenvalue weighted by atomic mass is 10.00. The predicted molar refractivity (Wildman–Crippen MR) is 99.0 cm³/mol. The molecule has 5 nitrogen and oxygen atoms in total. The topological polar surface area (TPSA) is 65.2 Å². The Morgan fingerprint density at radius 1 is 1.12 bits per heavy atom. The number of nitrogens with one attached hydrogen (secondary N) is 2. The number of amides is 2. The summed E-state index contributed by atoms with van der Waals surface area (Å²) in [5.41, 5.74) is 4.40. The number of rotatable bonds is 3. The van der Waals surface area contributed by atoms with Crippen LogP contribution >= 0.6 is 0 Å². The fourth-order valence-corrected chi connectivity index (χ4v) is 3.32. The quantitative estimate of drug-likeness (QED) is 0.767. The maximum absolute atomic E-state index is 13.0. The number of carbonyl (C=O) groups is 2. The number of aromatic amines is 1. The average molecular weight is 333 g/mol. The molecule has 0 radical (unpaired) electrons. The molecule has 126 valence electrons. The van der Waals surface area contributed by atoms with Crippen molar-refractivity contribution in [1.29, 1.82) is 0 Å². The molecule has 3 aromatic rings. The molecule has 0 bridgehead atoms. The van der Waals surface area contributed by atoms with Gasteiger partial charge in [-0.1, -0.05) is 0 Å². The Morgan fingerprint density at radius 3 is 2.84 bits per heavy atom. The summed E-state index contributed by atoms with van der Waals surface area (Å²) in [5.74, 6) is -0.00125. The first-order valence-corrected chi connectivity index (χ1v) is 8.47. The number of hydrogen-bond donors (Lipinski definition) is 2. The molecule has 0 aliphatic carbocycles. The summed E-state index contributed by atoms with van der Waals surface area (Å²) >= 11 is 0. The number of H-pyrrole nitrogens is 1. The molecule has 2 heterocycles. The van der Waals surface area contributed by atoms with Crippen molar-refractivity contribution >= 4 is 34.1 Å². The van der Waals surface area contributed by atoms with Gasteiger partial charge in [0.25, 0.3) is 5.91 Å². The normalized spacial score (nSPS) is 13.4. The highest BCUT2D eigenvalue weighted by molar-refractivity contribution is 6.07. The van der Waals surface area contributed by atoms with Gasteiger partial charge in [-0.2, -0.15) is 0 Å². The second kappa shape index (κ2) is 6.09. The summed E-state index contributed by atoms with van der Waals surface area (Å²) in [6.07, 6.45) is 3.03. The summed E-state index contributed by atoms with van der Waals surface area (Å²) in [6, 6.07) is 13.5. The van der Waals surface area contributed by atoms with E-state index in [4.69, 9.17) is 0 Å². The Balaban J connectivity index is 1.67. The minimum atomic E-state index is -0.0305. The van der Waals surface area contributed by atoms with Gasteiger partial charge >= 0.3 is 0 Å². The van der Waals surface area contributed by atoms with Gasteiger partial charge in [-0.3, -0.25) is 9.59 Å². The van der Waals surface area contributed by atoms with Crippen molar-refractivity contribution < 1.29 is 9.59 Å². The zero-order chi connectivity index (χ0) is 17.4. The molecule has 0 unspecified atom stereocenters. The van der Waals surface area contributed by atoms with Crippen LogP contribution in [0.1, 0.15) is 29.3 Å². The van der Waals surface area contributed by atoms with Crippen molar-refractivity contribution in [3.8, 4) is 0 Å². The Hall–Kier alpha value is -3.08. The largest absolute Gasteiger partial charge is 0.361 e. The van der Waals surface area contributed by atoms with E-state index in [9.17, 15) is 9.59 Å². The average Bonchev–Trinajstić information content (AvgIpc) is 3.09. The zero-order valence-electron chi connectivity index (χ0n) is 14.0. The van der Waals surface area contributed by atoms with Crippen LogP contribution in [0.25, 0.3) is 10.9 Å². The highest BCUT2D eigenvalue weighted by Crippen LogP contribution is 2.26. The lowest BCUT2D eigenvalue weighted by Crippen LogP contribution is -2.31. The van der Waals surface area contributed by atoms with Crippen molar-refractivity contribution in [2.24, 2.45) is 0 Å². The molecule has 0 spiro atoms. The first-order chi connectivity index (χ1) is 12.2. The van der Waals surface area contributed by atoms with Crippen molar-refractivity contribution in [2.45, 2.75) is 19.8 Å². The number of aromatic nitrogens is 1. The van der Waals surface area contributed by atoms with E-state index in [0.29, 0.717) is 24.9 Å². The molecule has 1 aromatic heterocycles.